The third kappa shape index (κ3) is 2.76. The van der Waals surface area contributed by atoms with Gasteiger partial charge in [0.1, 0.15) is 0 Å². The van der Waals surface area contributed by atoms with Crippen LogP contribution < -0.4 is 0 Å². The van der Waals surface area contributed by atoms with Crippen molar-refractivity contribution in [3.8, 4) is 0 Å². The molecule has 0 aliphatic rings. The molecule has 86 valence electrons. The molecule has 1 aromatic carbocycles. The highest BCUT2D eigenvalue weighted by Crippen LogP contribution is 2.24. The Hall–Kier alpha value is -1.49. The van der Waals surface area contributed by atoms with Gasteiger partial charge in [-0.25, -0.2) is 4.79 Å². The zero-order valence-electron chi connectivity index (χ0n) is 8.17. The van der Waals surface area contributed by atoms with Crippen molar-refractivity contribution in [3.05, 3.63) is 35.4 Å². The smallest absolute Gasteiger partial charge is 0.384 e. The van der Waals surface area contributed by atoms with Crippen molar-refractivity contribution < 1.29 is 23.1 Å². The maximum atomic E-state index is 12.5. The second-order valence-corrected chi connectivity index (χ2v) is 3.37. The van der Waals surface area contributed by atoms with Crippen LogP contribution in [0.2, 0.25) is 0 Å². The minimum Gasteiger partial charge on any atom is -0.465 e. The van der Waals surface area contributed by atoms with E-state index in [0.29, 0.717) is 0 Å². The van der Waals surface area contributed by atoms with E-state index in [1.165, 1.54) is 19.2 Å². The molecule has 0 radical (unpaired) electrons. The number of esters is 1. The lowest BCUT2D eigenvalue weighted by molar-refractivity contribution is 0.0535. The van der Waals surface area contributed by atoms with Crippen molar-refractivity contribution in [2.75, 3.05) is 7.11 Å². The molecule has 0 aliphatic heterocycles. The Morgan fingerprint density at radius 1 is 1.19 bits per heavy atom. The number of Topliss-reactive ketones (excluding diaryl/α,β-unsaturated/α-hetero) is 1. The fourth-order valence-electron chi connectivity index (χ4n) is 1.04. The fourth-order valence-corrected chi connectivity index (χ4v) is 1.15. The van der Waals surface area contributed by atoms with Crippen LogP contribution in [-0.2, 0) is 4.74 Å². The average molecular weight is 249 g/mol. The summed E-state index contributed by atoms with van der Waals surface area (Å²) in [5.41, 5.74) is -0.107. The van der Waals surface area contributed by atoms with Gasteiger partial charge in [0.25, 0.3) is 0 Å². The number of alkyl halides is 3. The van der Waals surface area contributed by atoms with Gasteiger partial charge in [-0.3, -0.25) is 4.79 Å². The highest BCUT2D eigenvalue weighted by molar-refractivity contribution is 6.35. The van der Waals surface area contributed by atoms with Crippen molar-refractivity contribution in [2.24, 2.45) is 0 Å². The largest absolute Gasteiger partial charge is 0.465 e. The van der Waals surface area contributed by atoms with E-state index in [4.69, 9.17) is 0 Å². The first kappa shape index (κ1) is 12.6. The van der Waals surface area contributed by atoms with Crippen molar-refractivity contribution >= 4 is 23.4 Å². The standard InChI is InChI=1S/C10H7ClF2O3/c1-16-9(15)7-4-2-6(3-5-7)8(14)10(11,12)13/h2-5H,1H3. The molecule has 0 heterocycles. The summed E-state index contributed by atoms with van der Waals surface area (Å²) in [6.45, 7) is 0. The summed E-state index contributed by atoms with van der Waals surface area (Å²) >= 11 is 4.57. The second kappa shape index (κ2) is 4.57. The topological polar surface area (TPSA) is 43.4 Å². The molecule has 0 atom stereocenters. The van der Waals surface area contributed by atoms with Gasteiger partial charge < -0.3 is 4.74 Å². The molecule has 0 unspecified atom stereocenters. The first-order valence-electron chi connectivity index (χ1n) is 4.16. The predicted molar refractivity (Wildman–Crippen MR) is 52.9 cm³/mol. The quantitative estimate of drug-likeness (QED) is 0.469. The van der Waals surface area contributed by atoms with Crippen LogP contribution in [0.5, 0.6) is 0 Å². The number of halogens is 3. The summed E-state index contributed by atoms with van der Waals surface area (Å²) in [5.74, 6) is -2.12. The Labute approximate surface area is 95.0 Å². The normalized spacial score (nSPS) is 11.0. The minimum absolute atomic E-state index is 0.164. The molecule has 6 heteroatoms. The third-order valence-corrected chi connectivity index (χ3v) is 2.00. The van der Waals surface area contributed by atoms with Crippen LogP contribution >= 0.6 is 11.6 Å². The number of hydrogen-bond donors (Lipinski definition) is 0. The molecule has 16 heavy (non-hydrogen) atoms. The Kier molecular flexibility index (Phi) is 3.59. The maximum Gasteiger partial charge on any atom is 0.384 e. The van der Waals surface area contributed by atoms with Gasteiger partial charge in [0, 0.05) is 5.56 Å². The number of rotatable bonds is 3. The first-order valence-corrected chi connectivity index (χ1v) is 4.54. The third-order valence-electron chi connectivity index (χ3n) is 1.83. The molecule has 1 aromatic rings. The summed E-state index contributed by atoms with van der Waals surface area (Å²) in [5, 5.41) is -3.94. The van der Waals surface area contributed by atoms with E-state index in [9.17, 15) is 18.4 Å². The summed E-state index contributed by atoms with van der Waals surface area (Å²) in [6, 6.07) is 4.60. The molecule has 0 saturated carbocycles. The van der Waals surface area contributed by atoms with E-state index in [0.717, 1.165) is 12.1 Å². The van der Waals surface area contributed by atoms with Crippen molar-refractivity contribution in [1.29, 1.82) is 0 Å². The molecular weight excluding hydrogens is 242 g/mol. The lowest BCUT2D eigenvalue weighted by atomic mass is 10.1. The molecule has 0 saturated heterocycles. The molecule has 0 aliphatic carbocycles. The number of benzene rings is 1. The van der Waals surface area contributed by atoms with Crippen LogP contribution in [0.25, 0.3) is 0 Å². The second-order valence-electron chi connectivity index (χ2n) is 2.90. The van der Waals surface area contributed by atoms with Gasteiger partial charge in [-0.2, -0.15) is 8.78 Å². The lowest BCUT2D eigenvalue weighted by Crippen LogP contribution is -2.21. The number of methoxy groups -OCH3 is 1. The number of carbonyl (C=O) groups excluding carboxylic acids is 2. The zero-order valence-corrected chi connectivity index (χ0v) is 8.92. The summed E-state index contributed by atoms with van der Waals surface area (Å²) < 4.78 is 29.3. The lowest BCUT2D eigenvalue weighted by Gasteiger charge is -2.06. The summed E-state index contributed by atoms with van der Waals surface area (Å²) in [4.78, 5) is 22.0. The Balaban J connectivity index is 2.96. The van der Waals surface area contributed by atoms with Gasteiger partial charge in [-0.15, -0.1) is 0 Å². The summed E-state index contributed by atoms with van der Waals surface area (Å²) in [7, 11) is 1.19. The molecule has 0 fully saturated rings. The Bertz CT molecular complexity index is 409. The molecule has 3 nitrogen and oxygen atoms in total. The molecule has 0 spiro atoms. The molecule has 0 amide bonds. The average Bonchev–Trinajstić information content (AvgIpc) is 2.26. The highest BCUT2D eigenvalue weighted by atomic mass is 35.5. The molecule has 0 aromatic heterocycles. The van der Waals surface area contributed by atoms with Gasteiger partial charge in [-0.05, 0) is 23.7 Å². The number of carbonyl (C=O) groups is 2. The van der Waals surface area contributed by atoms with Crippen molar-refractivity contribution in [1.82, 2.24) is 0 Å². The van der Waals surface area contributed by atoms with Crippen LogP contribution in [0.3, 0.4) is 0 Å². The summed E-state index contributed by atoms with van der Waals surface area (Å²) in [6.07, 6.45) is 0. The van der Waals surface area contributed by atoms with Crippen LogP contribution in [0.15, 0.2) is 24.3 Å². The maximum absolute atomic E-state index is 12.5. The van der Waals surface area contributed by atoms with Crippen molar-refractivity contribution in [2.45, 2.75) is 5.38 Å². The zero-order chi connectivity index (χ0) is 12.3. The van der Waals surface area contributed by atoms with E-state index >= 15 is 0 Å². The Morgan fingerprint density at radius 3 is 2.00 bits per heavy atom. The Morgan fingerprint density at radius 2 is 1.62 bits per heavy atom. The predicted octanol–water partition coefficient (Wildman–Crippen LogP) is 2.49. The van der Waals surface area contributed by atoms with E-state index in [-0.39, 0.29) is 11.1 Å². The number of ketones is 1. The van der Waals surface area contributed by atoms with Crippen LogP contribution in [0.1, 0.15) is 20.7 Å². The highest BCUT2D eigenvalue weighted by Gasteiger charge is 2.36. The van der Waals surface area contributed by atoms with Gasteiger partial charge in [0.05, 0.1) is 12.7 Å². The van der Waals surface area contributed by atoms with Gasteiger partial charge >= 0.3 is 11.4 Å². The monoisotopic (exact) mass is 248 g/mol. The van der Waals surface area contributed by atoms with Gasteiger partial charge in [-0.1, -0.05) is 12.1 Å². The fraction of sp³-hybridized carbons (Fsp3) is 0.200. The molecule has 0 bridgehead atoms. The number of ether oxygens (including phenoxy) is 1. The minimum atomic E-state index is -3.94. The van der Waals surface area contributed by atoms with Gasteiger partial charge in [0.15, 0.2) is 0 Å². The molecule has 1 rings (SSSR count). The van der Waals surface area contributed by atoms with Crippen LogP contribution in [0.4, 0.5) is 8.78 Å². The van der Waals surface area contributed by atoms with E-state index in [2.05, 4.69) is 16.3 Å². The van der Waals surface area contributed by atoms with Gasteiger partial charge in [0.2, 0.25) is 5.78 Å². The SMILES string of the molecule is COC(=O)c1ccc(C(=O)C(F)(F)Cl)cc1. The number of hydrogen-bond acceptors (Lipinski definition) is 3. The first-order chi connectivity index (χ1) is 7.36. The molecule has 0 N–H and O–H groups in total. The van der Waals surface area contributed by atoms with Crippen molar-refractivity contribution in [3.63, 3.8) is 0 Å². The van der Waals surface area contributed by atoms with E-state index in [1.807, 2.05) is 0 Å². The molecular formula is C10H7ClF2O3. The van der Waals surface area contributed by atoms with Crippen LogP contribution in [-0.4, -0.2) is 24.2 Å². The van der Waals surface area contributed by atoms with E-state index < -0.39 is 17.1 Å². The van der Waals surface area contributed by atoms with Crippen LogP contribution in [0, 0.1) is 0 Å². The van der Waals surface area contributed by atoms with E-state index in [1.54, 1.807) is 0 Å².